The second-order valence-corrected chi connectivity index (χ2v) is 8.77. The minimum atomic E-state index is -3.57. The summed E-state index contributed by atoms with van der Waals surface area (Å²) >= 11 is 5.83. The number of carbonyl (C=O) groups is 1. The molecule has 2 aromatic rings. The Labute approximate surface area is 159 Å². The van der Waals surface area contributed by atoms with E-state index in [1.165, 1.54) is 16.4 Å². The van der Waals surface area contributed by atoms with E-state index in [1.54, 1.807) is 17.0 Å². The Hall–Kier alpha value is -1.89. The number of nitrogens with zero attached hydrogens (tertiary/aromatic N) is 2. The molecule has 0 N–H and O–H groups in total. The van der Waals surface area contributed by atoms with Crippen LogP contribution < -0.4 is 0 Å². The van der Waals surface area contributed by atoms with Crippen LogP contribution in [0.2, 0.25) is 5.02 Å². The van der Waals surface area contributed by atoms with Crippen LogP contribution >= 0.6 is 11.6 Å². The van der Waals surface area contributed by atoms with Crippen molar-refractivity contribution in [1.29, 1.82) is 0 Å². The summed E-state index contributed by atoms with van der Waals surface area (Å²) in [6.07, 6.45) is 0. The molecule has 0 bridgehead atoms. The second-order valence-electron chi connectivity index (χ2n) is 6.40. The molecule has 0 aliphatic carbocycles. The van der Waals surface area contributed by atoms with Gasteiger partial charge in [0, 0.05) is 36.8 Å². The van der Waals surface area contributed by atoms with Gasteiger partial charge in [-0.25, -0.2) is 8.42 Å². The van der Waals surface area contributed by atoms with Crippen molar-refractivity contribution in [2.45, 2.75) is 18.7 Å². The van der Waals surface area contributed by atoms with Crippen molar-refractivity contribution < 1.29 is 13.2 Å². The SMILES string of the molecule is Cc1cccc(C(=O)N2CCN(S(=O)(=O)c3ccc(Cl)cc3)CC2)c1C. The Morgan fingerprint density at radius 2 is 1.58 bits per heavy atom. The number of sulfonamides is 1. The fourth-order valence-corrected chi connectivity index (χ4v) is 4.59. The van der Waals surface area contributed by atoms with Gasteiger partial charge in [0.15, 0.2) is 0 Å². The highest BCUT2D eigenvalue weighted by Gasteiger charge is 2.30. The predicted octanol–water partition coefficient (Wildman–Crippen LogP) is 3.10. The maximum atomic E-state index is 12.8. The van der Waals surface area contributed by atoms with Gasteiger partial charge in [0.2, 0.25) is 10.0 Å². The molecule has 2 aromatic carbocycles. The lowest BCUT2D eigenvalue weighted by atomic mass is 10.0. The van der Waals surface area contributed by atoms with E-state index >= 15 is 0 Å². The van der Waals surface area contributed by atoms with E-state index in [9.17, 15) is 13.2 Å². The first-order valence-electron chi connectivity index (χ1n) is 8.42. The Morgan fingerprint density at radius 1 is 0.962 bits per heavy atom. The minimum absolute atomic E-state index is 0.0465. The Kier molecular flexibility index (Phi) is 5.37. The van der Waals surface area contributed by atoms with Gasteiger partial charge in [0.25, 0.3) is 5.91 Å². The maximum Gasteiger partial charge on any atom is 0.254 e. The average molecular weight is 393 g/mol. The van der Waals surface area contributed by atoms with Gasteiger partial charge in [0.05, 0.1) is 4.90 Å². The molecule has 1 aliphatic heterocycles. The number of halogens is 1. The van der Waals surface area contributed by atoms with Crippen molar-refractivity contribution in [2.75, 3.05) is 26.2 Å². The zero-order valence-electron chi connectivity index (χ0n) is 14.8. The van der Waals surface area contributed by atoms with Crippen LogP contribution in [0.25, 0.3) is 0 Å². The summed E-state index contributed by atoms with van der Waals surface area (Å²) in [6.45, 7) is 5.22. The fourth-order valence-electron chi connectivity index (χ4n) is 3.04. The minimum Gasteiger partial charge on any atom is -0.336 e. The van der Waals surface area contributed by atoms with Gasteiger partial charge in [-0.3, -0.25) is 4.79 Å². The van der Waals surface area contributed by atoms with E-state index in [0.29, 0.717) is 23.7 Å². The first kappa shape index (κ1) is 18.9. The molecule has 1 amide bonds. The quantitative estimate of drug-likeness (QED) is 0.806. The monoisotopic (exact) mass is 392 g/mol. The summed E-state index contributed by atoms with van der Waals surface area (Å²) in [5, 5.41) is 0.493. The molecular weight excluding hydrogens is 372 g/mol. The van der Waals surface area contributed by atoms with E-state index in [4.69, 9.17) is 11.6 Å². The summed E-state index contributed by atoms with van der Waals surface area (Å²) in [4.78, 5) is 14.7. The molecule has 0 saturated carbocycles. The Balaban J connectivity index is 1.72. The first-order valence-corrected chi connectivity index (χ1v) is 10.2. The molecule has 138 valence electrons. The van der Waals surface area contributed by atoms with Gasteiger partial charge in [0.1, 0.15) is 0 Å². The number of hydrogen-bond acceptors (Lipinski definition) is 3. The highest BCUT2D eigenvalue weighted by molar-refractivity contribution is 7.89. The average Bonchev–Trinajstić information content (AvgIpc) is 2.64. The summed E-state index contributed by atoms with van der Waals surface area (Å²) in [5.41, 5.74) is 2.72. The van der Waals surface area contributed by atoms with E-state index in [0.717, 1.165) is 11.1 Å². The third-order valence-corrected chi connectivity index (χ3v) is 6.98. The van der Waals surface area contributed by atoms with Crippen LogP contribution in [0.5, 0.6) is 0 Å². The number of carbonyl (C=O) groups excluding carboxylic acids is 1. The van der Waals surface area contributed by atoms with Crippen LogP contribution in [0.4, 0.5) is 0 Å². The summed E-state index contributed by atoms with van der Waals surface area (Å²) < 4.78 is 26.9. The number of hydrogen-bond donors (Lipinski definition) is 0. The Bertz CT molecular complexity index is 918. The molecule has 0 unspecified atom stereocenters. The van der Waals surface area contributed by atoms with Gasteiger partial charge < -0.3 is 4.90 Å². The van der Waals surface area contributed by atoms with E-state index in [-0.39, 0.29) is 23.9 Å². The van der Waals surface area contributed by atoms with Crippen LogP contribution in [-0.2, 0) is 10.0 Å². The highest BCUT2D eigenvalue weighted by atomic mass is 35.5. The van der Waals surface area contributed by atoms with E-state index in [2.05, 4.69) is 0 Å². The molecule has 0 radical (unpaired) electrons. The van der Waals surface area contributed by atoms with Gasteiger partial charge in [-0.2, -0.15) is 4.31 Å². The van der Waals surface area contributed by atoms with Crippen LogP contribution in [0.15, 0.2) is 47.4 Å². The zero-order valence-corrected chi connectivity index (χ0v) is 16.3. The molecule has 26 heavy (non-hydrogen) atoms. The second kappa shape index (κ2) is 7.39. The topological polar surface area (TPSA) is 57.7 Å². The van der Waals surface area contributed by atoms with Crippen LogP contribution in [0.1, 0.15) is 21.5 Å². The molecule has 1 aliphatic rings. The molecule has 0 atom stereocenters. The maximum absolute atomic E-state index is 12.8. The van der Waals surface area contributed by atoms with Gasteiger partial charge in [-0.1, -0.05) is 23.7 Å². The highest BCUT2D eigenvalue weighted by Crippen LogP contribution is 2.21. The van der Waals surface area contributed by atoms with Crippen LogP contribution in [-0.4, -0.2) is 49.7 Å². The molecule has 5 nitrogen and oxygen atoms in total. The smallest absolute Gasteiger partial charge is 0.254 e. The lowest BCUT2D eigenvalue weighted by Crippen LogP contribution is -2.50. The molecule has 1 fully saturated rings. The molecule has 0 aromatic heterocycles. The number of aryl methyl sites for hydroxylation is 1. The summed E-state index contributed by atoms with van der Waals surface area (Å²) in [7, 11) is -3.57. The first-order chi connectivity index (χ1) is 12.3. The molecular formula is C19H21ClN2O3S. The number of amides is 1. The van der Waals surface area contributed by atoms with Gasteiger partial charge in [-0.15, -0.1) is 0 Å². The van der Waals surface area contributed by atoms with Gasteiger partial charge >= 0.3 is 0 Å². The molecule has 1 heterocycles. The van der Waals surface area contributed by atoms with Crippen molar-refractivity contribution in [3.8, 4) is 0 Å². The van der Waals surface area contributed by atoms with Crippen LogP contribution in [0, 0.1) is 13.8 Å². The lowest BCUT2D eigenvalue weighted by Gasteiger charge is -2.34. The molecule has 7 heteroatoms. The third-order valence-electron chi connectivity index (χ3n) is 4.81. The number of rotatable bonds is 3. The standard InChI is InChI=1S/C19H21ClN2O3S/c1-14-4-3-5-18(15(14)2)19(23)21-10-12-22(13-11-21)26(24,25)17-8-6-16(20)7-9-17/h3-9H,10-13H2,1-2H3. The third kappa shape index (κ3) is 3.63. The molecule has 1 saturated heterocycles. The van der Waals surface area contributed by atoms with Crippen molar-refractivity contribution in [3.05, 3.63) is 64.2 Å². The van der Waals surface area contributed by atoms with E-state index < -0.39 is 10.0 Å². The Morgan fingerprint density at radius 3 is 2.19 bits per heavy atom. The van der Waals surface area contributed by atoms with Crippen molar-refractivity contribution in [1.82, 2.24) is 9.21 Å². The van der Waals surface area contributed by atoms with Crippen molar-refractivity contribution >= 4 is 27.5 Å². The van der Waals surface area contributed by atoms with Crippen molar-refractivity contribution in [2.24, 2.45) is 0 Å². The number of benzene rings is 2. The molecule has 3 rings (SSSR count). The molecule has 0 spiro atoms. The lowest BCUT2D eigenvalue weighted by molar-refractivity contribution is 0.0697. The number of piperazine rings is 1. The fraction of sp³-hybridized carbons (Fsp3) is 0.316. The largest absolute Gasteiger partial charge is 0.336 e. The van der Waals surface area contributed by atoms with Crippen molar-refractivity contribution in [3.63, 3.8) is 0 Å². The van der Waals surface area contributed by atoms with Gasteiger partial charge in [-0.05, 0) is 55.3 Å². The zero-order chi connectivity index (χ0) is 18.9. The predicted molar refractivity (Wildman–Crippen MR) is 102 cm³/mol. The normalized spacial score (nSPS) is 15.9. The summed E-state index contributed by atoms with van der Waals surface area (Å²) in [5.74, 6) is -0.0465. The van der Waals surface area contributed by atoms with Crippen LogP contribution in [0.3, 0.4) is 0 Å². The summed E-state index contributed by atoms with van der Waals surface area (Å²) in [6, 6.07) is 11.8. The van der Waals surface area contributed by atoms with E-state index in [1.807, 2.05) is 32.0 Å².